The molecule has 1 saturated heterocycles. The van der Waals surface area contributed by atoms with E-state index in [2.05, 4.69) is 5.32 Å². The van der Waals surface area contributed by atoms with Gasteiger partial charge in [-0.1, -0.05) is 36.8 Å². The molecule has 1 fully saturated rings. The summed E-state index contributed by atoms with van der Waals surface area (Å²) in [5.41, 5.74) is 1.04. The second-order valence-corrected chi connectivity index (χ2v) is 9.90. The van der Waals surface area contributed by atoms with Crippen LogP contribution >= 0.6 is 11.3 Å². The van der Waals surface area contributed by atoms with Gasteiger partial charge in [-0.05, 0) is 37.5 Å². The van der Waals surface area contributed by atoms with Gasteiger partial charge >= 0.3 is 0 Å². The van der Waals surface area contributed by atoms with Gasteiger partial charge in [-0.3, -0.25) is 4.79 Å². The third kappa shape index (κ3) is 4.52. The predicted molar refractivity (Wildman–Crippen MR) is 104 cm³/mol. The Morgan fingerprint density at radius 3 is 2.50 bits per heavy atom. The number of hydrogen-bond donors (Lipinski definition) is 1. The number of nitrogens with zero attached hydrogens (tertiary/aromatic N) is 1. The normalized spacial score (nSPS) is 17.0. The van der Waals surface area contributed by atoms with Crippen molar-refractivity contribution in [1.29, 1.82) is 0 Å². The van der Waals surface area contributed by atoms with Gasteiger partial charge in [0.25, 0.3) is 10.0 Å². The first-order chi connectivity index (χ1) is 12.5. The van der Waals surface area contributed by atoms with Gasteiger partial charge in [-0.2, -0.15) is 4.31 Å². The number of carbonyl (C=O) groups is 1. The molecule has 26 heavy (non-hydrogen) atoms. The molecule has 140 valence electrons. The summed E-state index contributed by atoms with van der Waals surface area (Å²) < 4.78 is 27.3. The van der Waals surface area contributed by atoms with Crippen molar-refractivity contribution in [3.8, 4) is 0 Å². The predicted octanol–water partition coefficient (Wildman–Crippen LogP) is 3.34. The number of amides is 1. The van der Waals surface area contributed by atoms with Crippen LogP contribution in [0.5, 0.6) is 0 Å². The Kier molecular flexibility index (Phi) is 6.11. The van der Waals surface area contributed by atoms with E-state index in [0.717, 1.165) is 29.7 Å². The highest BCUT2D eigenvalue weighted by atomic mass is 32.2. The highest BCUT2D eigenvalue weighted by molar-refractivity contribution is 7.91. The first-order valence-corrected chi connectivity index (χ1v) is 11.2. The lowest BCUT2D eigenvalue weighted by Gasteiger charge is -2.25. The molecule has 1 aliphatic rings. The van der Waals surface area contributed by atoms with Crippen LogP contribution in [-0.2, 0) is 21.2 Å². The molecular weight excluding hydrogens is 368 g/mol. The smallest absolute Gasteiger partial charge is 0.252 e. The maximum absolute atomic E-state index is 12.7. The zero-order valence-corrected chi connectivity index (χ0v) is 16.5. The molecule has 1 aromatic heterocycles. The minimum Gasteiger partial charge on any atom is -0.349 e. The van der Waals surface area contributed by atoms with Crippen LogP contribution in [0.3, 0.4) is 0 Å². The Labute approximate surface area is 159 Å². The van der Waals surface area contributed by atoms with Crippen LogP contribution in [0.2, 0.25) is 0 Å². The molecule has 0 saturated carbocycles. The summed E-state index contributed by atoms with van der Waals surface area (Å²) in [7, 11) is -3.42. The molecule has 0 bridgehead atoms. The van der Waals surface area contributed by atoms with E-state index in [1.54, 1.807) is 16.4 Å². The highest BCUT2D eigenvalue weighted by Crippen LogP contribution is 2.27. The van der Waals surface area contributed by atoms with Crippen molar-refractivity contribution in [1.82, 2.24) is 9.62 Å². The Morgan fingerprint density at radius 2 is 1.81 bits per heavy atom. The number of piperidine rings is 1. The quantitative estimate of drug-likeness (QED) is 0.820. The van der Waals surface area contributed by atoms with E-state index in [9.17, 15) is 13.2 Å². The molecule has 1 aliphatic heterocycles. The van der Waals surface area contributed by atoms with E-state index < -0.39 is 10.0 Å². The molecular formula is C19H24N2O3S2. The van der Waals surface area contributed by atoms with Crippen molar-refractivity contribution in [2.24, 2.45) is 0 Å². The average Bonchev–Trinajstić information content (AvgIpc) is 3.12. The van der Waals surface area contributed by atoms with Gasteiger partial charge in [0.15, 0.2) is 0 Å². The van der Waals surface area contributed by atoms with E-state index in [1.807, 2.05) is 37.3 Å². The lowest BCUT2D eigenvalue weighted by Crippen LogP contribution is -2.35. The molecule has 2 heterocycles. The zero-order chi connectivity index (χ0) is 18.6. The Bertz CT molecular complexity index is 841. The summed E-state index contributed by atoms with van der Waals surface area (Å²) >= 11 is 1.19. The number of rotatable bonds is 6. The maximum atomic E-state index is 12.7. The molecule has 1 atom stereocenters. The van der Waals surface area contributed by atoms with E-state index >= 15 is 0 Å². The van der Waals surface area contributed by atoms with Crippen LogP contribution in [0.15, 0.2) is 46.7 Å². The molecule has 2 aromatic rings. The molecule has 3 rings (SSSR count). The molecule has 1 unspecified atom stereocenters. The van der Waals surface area contributed by atoms with Crippen molar-refractivity contribution >= 4 is 27.3 Å². The number of benzene rings is 1. The minimum atomic E-state index is -3.42. The minimum absolute atomic E-state index is 0.0831. The summed E-state index contributed by atoms with van der Waals surface area (Å²) in [5, 5.41) is 2.96. The molecule has 1 aromatic carbocycles. The summed E-state index contributed by atoms with van der Waals surface area (Å²) in [6.07, 6.45) is 3.10. The van der Waals surface area contributed by atoms with Crippen molar-refractivity contribution in [3.63, 3.8) is 0 Å². The Hall–Kier alpha value is -1.70. The van der Waals surface area contributed by atoms with E-state index in [0.29, 0.717) is 17.3 Å². The van der Waals surface area contributed by atoms with Gasteiger partial charge in [0.05, 0.1) is 12.5 Å². The number of thiophene rings is 1. The molecule has 0 aliphatic carbocycles. The molecule has 1 N–H and O–H groups in total. The lowest BCUT2D eigenvalue weighted by molar-refractivity contribution is -0.121. The molecule has 5 nitrogen and oxygen atoms in total. The highest BCUT2D eigenvalue weighted by Gasteiger charge is 2.27. The van der Waals surface area contributed by atoms with Crippen molar-refractivity contribution < 1.29 is 13.2 Å². The topological polar surface area (TPSA) is 66.5 Å². The Morgan fingerprint density at radius 1 is 1.12 bits per heavy atom. The van der Waals surface area contributed by atoms with Gasteiger partial charge in [0.1, 0.15) is 4.21 Å². The number of nitrogens with one attached hydrogen (secondary N) is 1. The fourth-order valence-corrected chi connectivity index (χ4v) is 6.13. The first-order valence-electron chi connectivity index (χ1n) is 8.90. The van der Waals surface area contributed by atoms with Gasteiger partial charge in [-0.15, -0.1) is 11.3 Å². The summed E-state index contributed by atoms with van der Waals surface area (Å²) in [5.74, 6) is -0.106. The monoisotopic (exact) mass is 392 g/mol. The summed E-state index contributed by atoms with van der Waals surface area (Å²) in [6.45, 7) is 3.11. The molecule has 0 radical (unpaired) electrons. The largest absolute Gasteiger partial charge is 0.349 e. The van der Waals surface area contributed by atoms with E-state index in [-0.39, 0.29) is 18.4 Å². The zero-order valence-electron chi connectivity index (χ0n) is 14.8. The van der Waals surface area contributed by atoms with Crippen LogP contribution in [0, 0.1) is 0 Å². The molecule has 1 amide bonds. The SMILES string of the molecule is CC(NC(=O)Cc1ccc(S(=O)(=O)N2CCCCC2)s1)c1ccccc1. The van der Waals surface area contributed by atoms with Crippen LogP contribution in [0.4, 0.5) is 0 Å². The first kappa shape index (κ1) is 19.1. The third-order valence-corrected chi connectivity index (χ3v) is 8.01. The van der Waals surface area contributed by atoms with E-state index in [1.165, 1.54) is 11.3 Å². The number of carbonyl (C=O) groups excluding carboxylic acids is 1. The molecule has 7 heteroatoms. The van der Waals surface area contributed by atoms with Crippen molar-refractivity contribution in [2.45, 2.75) is 42.9 Å². The van der Waals surface area contributed by atoms with Gasteiger partial charge in [0, 0.05) is 18.0 Å². The average molecular weight is 393 g/mol. The summed E-state index contributed by atoms with van der Waals surface area (Å²) in [4.78, 5) is 13.1. The van der Waals surface area contributed by atoms with Crippen LogP contribution < -0.4 is 5.32 Å². The van der Waals surface area contributed by atoms with Gasteiger partial charge in [0.2, 0.25) is 5.91 Å². The standard InChI is InChI=1S/C19H24N2O3S2/c1-15(16-8-4-2-5-9-16)20-18(22)14-17-10-11-19(25-17)26(23,24)21-12-6-3-7-13-21/h2,4-5,8-11,15H,3,6-7,12-14H2,1H3,(H,20,22). The Balaban J connectivity index is 1.62. The van der Waals surface area contributed by atoms with Crippen molar-refractivity contribution in [2.75, 3.05) is 13.1 Å². The van der Waals surface area contributed by atoms with Gasteiger partial charge < -0.3 is 5.32 Å². The second-order valence-electron chi connectivity index (χ2n) is 6.56. The summed E-state index contributed by atoms with van der Waals surface area (Å²) in [6, 6.07) is 13.0. The number of sulfonamides is 1. The van der Waals surface area contributed by atoms with Crippen LogP contribution in [0.25, 0.3) is 0 Å². The fraction of sp³-hybridized carbons (Fsp3) is 0.421. The van der Waals surface area contributed by atoms with Crippen LogP contribution in [-0.4, -0.2) is 31.7 Å². The van der Waals surface area contributed by atoms with Gasteiger partial charge in [-0.25, -0.2) is 8.42 Å². The lowest BCUT2D eigenvalue weighted by atomic mass is 10.1. The van der Waals surface area contributed by atoms with Crippen LogP contribution in [0.1, 0.15) is 42.7 Å². The number of hydrogen-bond acceptors (Lipinski definition) is 4. The second kappa shape index (κ2) is 8.33. The third-order valence-electron chi connectivity index (χ3n) is 4.56. The molecule has 0 spiro atoms. The van der Waals surface area contributed by atoms with E-state index in [4.69, 9.17) is 0 Å². The maximum Gasteiger partial charge on any atom is 0.252 e. The fourth-order valence-electron chi connectivity index (χ4n) is 3.10. The van der Waals surface area contributed by atoms with Crippen molar-refractivity contribution in [3.05, 3.63) is 52.9 Å².